The largest absolute Gasteiger partial charge is 0.493 e. The summed E-state index contributed by atoms with van der Waals surface area (Å²) in [5.41, 5.74) is 1.07. The number of para-hydroxylation sites is 1. The van der Waals surface area contributed by atoms with Crippen molar-refractivity contribution in [2.24, 2.45) is 0 Å². The summed E-state index contributed by atoms with van der Waals surface area (Å²) < 4.78 is 16.2. The summed E-state index contributed by atoms with van der Waals surface area (Å²) in [6, 6.07) is 6.53. The number of rotatable bonds is 7. The van der Waals surface area contributed by atoms with Gasteiger partial charge in [0.05, 0.1) is 7.11 Å². The molecule has 3 rings (SSSR count). The van der Waals surface area contributed by atoms with E-state index in [-0.39, 0.29) is 6.61 Å². The van der Waals surface area contributed by atoms with Crippen LogP contribution in [-0.4, -0.2) is 23.3 Å². The third-order valence-electron chi connectivity index (χ3n) is 3.35. The van der Waals surface area contributed by atoms with Gasteiger partial charge in [0.25, 0.3) is 0 Å². The highest BCUT2D eigenvalue weighted by molar-refractivity contribution is 5.46. The van der Waals surface area contributed by atoms with Crippen molar-refractivity contribution in [3.63, 3.8) is 0 Å². The molecule has 0 spiro atoms. The molecule has 1 aliphatic rings. The van der Waals surface area contributed by atoms with Crippen molar-refractivity contribution in [2.75, 3.05) is 7.11 Å². The van der Waals surface area contributed by atoms with E-state index in [2.05, 4.69) is 15.5 Å². The number of hydrogen-bond acceptors (Lipinski definition) is 6. The third kappa shape index (κ3) is 3.52. The molecule has 1 heterocycles. The summed E-state index contributed by atoms with van der Waals surface area (Å²) in [6.45, 7) is 2.78. The van der Waals surface area contributed by atoms with Gasteiger partial charge in [0, 0.05) is 25.1 Å². The molecule has 1 saturated carbocycles. The Morgan fingerprint density at radius 3 is 2.90 bits per heavy atom. The molecule has 1 N–H and O–H groups in total. The summed E-state index contributed by atoms with van der Waals surface area (Å²) in [5.74, 6) is 2.50. The van der Waals surface area contributed by atoms with Gasteiger partial charge in [0.2, 0.25) is 11.7 Å². The van der Waals surface area contributed by atoms with Crippen LogP contribution in [0.15, 0.2) is 22.7 Å². The summed E-state index contributed by atoms with van der Waals surface area (Å²) in [6.07, 6.45) is 2.50. The van der Waals surface area contributed by atoms with E-state index in [1.807, 2.05) is 18.2 Å². The minimum Gasteiger partial charge on any atom is -0.493 e. The van der Waals surface area contributed by atoms with Crippen LogP contribution in [0.25, 0.3) is 0 Å². The number of nitrogens with zero attached hydrogens (tertiary/aromatic N) is 2. The van der Waals surface area contributed by atoms with Crippen molar-refractivity contribution in [2.45, 2.75) is 39.0 Å². The lowest BCUT2D eigenvalue weighted by molar-refractivity contribution is 0.266. The van der Waals surface area contributed by atoms with Gasteiger partial charge in [-0.05, 0) is 18.9 Å². The van der Waals surface area contributed by atoms with Crippen LogP contribution in [0.5, 0.6) is 11.5 Å². The maximum absolute atomic E-state index is 5.86. The fourth-order valence-electron chi connectivity index (χ4n) is 2.10. The predicted molar refractivity (Wildman–Crippen MR) is 76.2 cm³/mol. The lowest BCUT2D eigenvalue weighted by Gasteiger charge is -2.14. The maximum Gasteiger partial charge on any atom is 0.223 e. The van der Waals surface area contributed by atoms with E-state index in [1.165, 1.54) is 12.8 Å². The molecule has 0 unspecified atom stereocenters. The van der Waals surface area contributed by atoms with Gasteiger partial charge in [-0.2, -0.15) is 4.98 Å². The van der Waals surface area contributed by atoms with Crippen LogP contribution in [0.4, 0.5) is 0 Å². The van der Waals surface area contributed by atoms with Crippen molar-refractivity contribution in [3.05, 3.63) is 35.5 Å². The predicted octanol–water partition coefficient (Wildman–Crippen LogP) is 2.22. The first-order valence-electron chi connectivity index (χ1n) is 7.07. The first kappa shape index (κ1) is 13.9. The Morgan fingerprint density at radius 1 is 1.38 bits per heavy atom. The Labute approximate surface area is 123 Å². The summed E-state index contributed by atoms with van der Waals surface area (Å²) in [4.78, 5) is 4.14. The van der Waals surface area contributed by atoms with E-state index in [4.69, 9.17) is 14.0 Å². The molecule has 112 valence electrons. The highest BCUT2D eigenvalue weighted by atomic mass is 16.5. The Kier molecular flexibility index (Phi) is 4.06. The number of aryl methyl sites for hydroxylation is 1. The molecule has 1 aliphatic carbocycles. The molecule has 0 atom stereocenters. The number of ether oxygens (including phenoxy) is 2. The molecule has 6 heteroatoms. The first-order chi connectivity index (χ1) is 10.3. The summed E-state index contributed by atoms with van der Waals surface area (Å²) in [5, 5.41) is 7.31. The SMILES string of the molecule is COc1cccc(CNC2CC2)c1OCc1noc(C)n1. The first-order valence-corrected chi connectivity index (χ1v) is 7.07. The van der Waals surface area contributed by atoms with Gasteiger partial charge < -0.3 is 19.3 Å². The van der Waals surface area contributed by atoms with E-state index >= 15 is 0 Å². The second-order valence-electron chi connectivity index (χ2n) is 5.12. The quantitative estimate of drug-likeness (QED) is 0.843. The topological polar surface area (TPSA) is 69.4 Å². The molecule has 0 bridgehead atoms. The van der Waals surface area contributed by atoms with E-state index in [1.54, 1.807) is 14.0 Å². The van der Waals surface area contributed by atoms with Crippen LogP contribution in [-0.2, 0) is 13.2 Å². The van der Waals surface area contributed by atoms with E-state index < -0.39 is 0 Å². The van der Waals surface area contributed by atoms with Crippen LogP contribution in [0.1, 0.15) is 30.1 Å². The molecule has 2 aromatic rings. The lowest BCUT2D eigenvalue weighted by atomic mass is 10.2. The third-order valence-corrected chi connectivity index (χ3v) is 3.35. The number of aromatic nitrogens is 2. The highest BCUT2D eigenvalue weighted by Crippen LogP contribution is 2.32. The van der Waals surface area contributed by atoms with Gasteiger partial charge in [-0.1, -0.05) is 17.3 Å². The highest BCUT2D eigenvalue weighted by Gasteiger charge is 2.21. The zero-order valence-electron chi connectivity index (χ0n) is 12.3. The maximum atomic E-state index is 5.86. The molecule has 21 heavy (non-hydrogen) atoms. The van der Waals surface area contributed by atoms with Gasteiger partial charge in [-0.25, -0.2) is 0 Å². The second kappa shape index (κ2) is 6.13. The standard InChI is InChI=1S/C15H19N3O3/c1-10-17-14(18-21-10)9-20-15-11(8-16-12-6-7-12)4-3-5-13(15)19-2/h3-5,12,16H,6-9H2,1-2H3. The lowest BCUT2D eigenvalue weighted by Crippen LogP contribution is -2.16. The molecule has 1 fully saturated rings. The van der Waals surface area contributed by atoms with Crippen LogP contribution in [0, 0.1) is 6.92 Å². The fraction of sp³-hybridized carbons (Fsp3) is 0.467. The summed E-state index contributed by atoms with van der Waals surface area (Å²) >= 11 is 0. The van der Waals surface area contributed by atoms with Crippen molar-refractivity contribution < 1.29 is 14.0 Å². The molecule has 1 aromatic heterocycles. The Morgan fingerprint density at radius 2 is 2.24 bits per heavy atom. The Balaban J connectivity index is 1.73. The number of hydrogen-bond donors (Lipinski definition) is 1. The Hall–Kier alpha value is -2.08. The molecule has 1 aromatic carbocycles. The Bertz CT molecular complexity index is 608. The van der Waals surface area contributed by atoms with E-state index in [0.717, 1.165) is 17.9 Å². The normalized spacial score (nSPS) is 14.2. The number of nitrogens with one attached hydrogen (secondary N) is 1. The zero-order valence-corrected chi connectivity index (χ0v) is 12.3. The van der Waals surface area contributed by atoms with Crippen LogP contribution >= 0.6 is 0 Å². The molecular formula is C15H19N3O3. The monoisotopic (exact) mass is 289 g/mol. The second-order valence-corrected chi connectivity index (χ2v) is 5.12. The van der Waals surface area contributed by atoms with Gasteiger partial charge in [-0.15, -0.1) is 0 Å². The van der Waals surface area contributed by atoms with Crippen LogP contribution in [0.2, 0.25) is 0 Å². The van der Waals surface area contributed by atoms with E-state index in [9.17, 15) is 0 Å². The van der Waals surface area contributed by atoms with Gasteiger partial charge in [0.1, 0.15) is 0 Å². The number of benzene rings is 1. The smallest absolute Gasteiger partial charge is 0.223 e. The van der Waals surface area contributed by atoms with Gasteiger partial charge >= 0.3 is 0 Å². The minimum absolute atomic E-state index is 0.258. The van der Waals surface area contributed by atoms with Crippen LogP contribution < -0.4 is 14.8 Å². The molecule has 6 nitrogen and oxygen atoms in total. The molecule has 0 radical (unpaired) electrons. The molecule has 0 saturated heterocycles. The molecule has 0 aliphatic heterocycles. The molecule has 0 amide bonds. The average Bonchev–Trinajstić information content (AvgIpc) is 3.24. The summed E-state index contributed by atoms with van der Waals surface area (Å²) in [7, 11) is 1.64. The zero-order chi connectivity index (χ0) is 14.7. The van der Waals surface area contributed by atoms with Crippen molar-refractivity contribution in [3.8, 4) is 11.5 Å². The fourth-order valence-corrected chi connectivity index (χ4v) is 2.10. The van der Waals surface area contributed by atoms with Gasteiger partial charge in [0.15, 0.2) is 18.1 Å². The van der Waals surface area contributed by atoms with Crippen molar-refractivity contribution in [1.82, 2.24) is 15.5 Å². The average molecular weight is 289 g/mol. The van der Waals surface area contributed by atoms with Gasteiger partial charge in [-0.3, -0.25) is 0 Å². The minimum atomic E-state index is 0.258. The number of methoxy groups -OCH3 is 1. The molecular weight excluding hydrogens is 270 g/mol. The van der Waals surface area contributed by atoms with Crippen molar-refractivity contribution in [1.29, 1.82) is 0 Å². The van der Waals surface area contributed by atoms with Crippen molar-refractivity contribution >= 4 is 0 Å². The van der Waals surface area contributed by atoms with Crippen LogP contribution in [0.3, 0.4) is 0 Å². The van der Waals surface area contributed by atoms with E-state index in [0.29, 0.717) is 23.5 Å².